The van der Waals surface area contributed by atoms with Gasteiger partial charge in [-0.25, -0.2) is 4.98 Å². The van der Waals surface area contributed by atoms with Gasteiger partial charge in [-0.15, -0.1) is 0 Å². The average Bonchev–Trinajstić information content (AvgIpc) is 2.89. The minimum Gasteiger partial charge on any atom is -0.382 e. The molecule has 1 unspecified atom stereocenters. The van der Waals surface area contributed by atoms with Crippen molar-refractivity contribution < 1.29 is 5.11 Å². The van der Waals surface area contributed by atoms with Gasteiger partial charge in [0.1, 0.15) is 6.10 Å². The lowest BCUT2D eigenvalue weighted by Gasteiger charge is -2.17. The minimum absolute atomic E-state index is 0.446. The van der Waals surface area contributed by atoms with Crippen LogP contribution in [0.15, 0.2) is 43.0 Å². The van der Waals surface area contributed by atoms with Crippen LogP contribution in [0.25, 0.3) is 5.70 Å². The van der Waals surface area contributed by atoms with Crippen LogP contribution in [-0.2, 0) is 0 Å². The van der Waals surface area contributed by atoms with Crippen LogP contribution in [0.4, 0.5) is 0 Å². The van der Waals surface area contributed by atoms with Crippen molar-refractivity contribution in [1.82, 2.24) is 9.55 Å². The fourth-order valence-electron chi connectivity index (χ4n) is 1.86. The third-order valence-corrected chi connectivity index (χ3v) is 3.32. The van der Waals surface area contributed by atoms with E-state index in [1.807, 2.05) is 13.0 Å². The highest BCUT2D eigenvalue weighted by atomic mass is 35.5. The molecule has 1 aromatic heterocycles. The highest BCUT2D eigenvalue weighted by Gasteiger charge is 2.17. The summed E-state index contributed by atoms with van der Waals surface area (Å²) in [5, 5.41) is 11.5. The first-order valence-corrected chi connectivity index (χ1v) is 6.70. The van der Waals surface area contributed by atoms with Crippen molar-refractivity contribution in [3.63, 3.8) is 0 Å². The van der Waals surface area contributed by atoms with Gasteiger partial charge < -0.3 is 9.67 Å². The molecule has 1 N–H and O–H groups in total. The normalized spacial score (nSPS) is 13.6. The number of aliphatic hydroxyl groups is 1. The SMILES string of the molecule is CCC=C(C(O)c1ccc(Cl)cc1Cl)n1ccnc1. The van der Waals surface area contributed by atoms with E-state index in [1.165, 1.54) is 0 Å². The molecule has 0 saturated heterocycles. The Morgan fingerprint density at radius 1 is 1.47 bits per heavy atom. The molecule has 0 amide bonds. The highest BCUT2D eigenvalue weighted by molar-refractivity contribution is 6.35. The molecule has 5 heteroatoms. The second kappa shape index (κ2) is 6.24. The fourth-order valence-corrected chi connectivity index (χ4v) is 2.37. The van der Waals surface area contributed by atoms with Gasteiger partial charge >= 0.3 is 0 Å². The number of rotatable bonds is 4. The molecule has 0 aliphatic heterocycles. The number of aromatic nitrogens is 2. The molecule has 1 atom stereocenters. The van der Waals surface area contributed by atoms with Gasteiger partial charge in [0, 0.05) is 28.0 Å². The van der Waals surface area contributed by atoms with E-state index in [1.54, 1.807) is 41.5 Å². The number of hydrogen-bond donors (Lipinski definition) is 1. The first kappa shape index (κ1) is 14.1. The van der Waals surface area contributed by atoms with Crippen molar-refractivity contribution >= 4 is 28.9 Å². The Balaban J connectivity index is 2.40. The van der Waals surface area contributed by atoms with Gasteiger partial charge in [0.15, 0.2) is 0 Å². The van der Waals surface area contributed by atoms with Crippen LogP contribution < -0.4 is 0 Å². The Hall–Kier alpha value is -1.29. The summed E-state index contributed by atoms with van der Waals surface area (Å²) in [6.07, 6.45) is 7.02. The van der Waals surface area contributed by atoms with E-state index in [-0.39, 0.29) is 0 Å². The molecule has 0 fully saturated rings. The lowest BCUT2D eigenvalue weighted by molar-refractivity contribution is 0.231. The second-order valence-corrected chi connectivity index (χ2v) is 4.92. The summed E-state index contributed by atoms with van der Waals surface area (Å²) in [5.41, 5.74) is 1.35. The maximum atomic E-state index is 10.5. The van der Waals surface area contributed by atoms with Crippen LogP contribution in [0.5, 0.6) is 0 Å². The Morgan fingerprint density at radius 2 is 2.26 bits per heavy atom. The van der Waals surface area contributed by atoms with Crippen molar-refractivity contribution in [3.05, 3.63) is 58.6 Å². The first-order chi connectivity index (χ1) is 9.13. The predicted molar refractivity (Wildman–Crippen MR) is 78.2 cm³/mol. The van der Waals surface area contributed by atoms with Gasteiger partial charge in [-0.3, -0.25) is 0 Å². The number of benzene rings is 1. The van der Waals surface area contributed by atoms with Crippen molar-refractivity contribution in [2.24, 2.45) is 0 Å². The summed E-state index contributed by atoms with van der Waals surface area (Å²) in [6.45, 7) is 2.01. The van der Waals surface area contributed by atoms with Gasteiger partial charge in [-0.05, 0) is 18.6 Å². The van der Waals surface area contributed by atoms with Gasteiger partial charge in [-0.1, -0.05) is 42.3 Å². The molecule has 0 radical (unpaired) electrons. The Kier molecular flexibility index (Phi) is 4.64. The molecule has 0 aliphatic carbocycles. The summed E-state index contributed by atoms with van der Waals surface area (Å²) >= 11 is 12.0. The molecule has 1 aromatic carbocycles. The van der Waals surface area contributed by atoms with Crippen LogP contribution in [0.3, 0.4) is 0 Å². The summed E-state index contributed by atoms with van der Waals surface area (Å²) in [5.74, 6) is 0. The summed E-state index contributed by atoms with van der Waals surface area (Å²) < 4.78 is 1.78. The standard InChI is InChI=1S/C14H14Cl2N2O/c1-2-3-13(18-7-6-17-9-18)14(19)11-5-4-10(15)8-12(11)16/h3-9,14,19H,2H2,1H3. The number of hydrogen-bond acceptors (Lipinski definition) is 2. The maximum absolute atomic E-state index is 10.5. The van der Waals surface area contributed by atoms with Crippen molar-refractivity contribution in [2.75, 3.05) is 0 Å². The quantitative estimate of drug-likeness (QED) is 0.919. The predicted octanol–water partition coefficient (Wildman–Crippen LogP) is 4.17. The zero-order valence-electron chi connectivity index (χ0n) is 10.4. The molecule has 3 nitrogen and oxygen atoms in total. The van der Waals surface area contributed by atoms with Crippen molar-refractivity contribution in [1.29, 1.82) is 0 Å². The molecule has 100 valence electrons. The molecule has 2 aromatic rings. The third-order valence-electron chi connectivity index (χ3n) is 2.75. The molecule has 1 heterocycles. The van der Waals surface area contributed by atoms with E-state index >= 15 is 0 Å². The van der Waals surface area contributed by atoms with Crippen LogP contribution in [0.2, 0.25) is 10.0 Å². The van der Waals surface area contributed by atoms with E-state index in [0.29, 0.717) is 15.6 Å². The maximum Gasteiger partial charge on any atom is 0.120 e. The van der Waals surface area contributed by atoms with Gasteiger partial charge in [0.05, 0.1) is 12.0 Å². The molecule has 0 aliphatic rings. The van der Waals surface area contributed by atoms with Gasteiger partial charge in [0.2, 0.25) is 0 Å². The van der Waals surface area contributed by atoms with Crippen LogP contribution in [0, 0.1) is 0 Å². The van der Waals surface area contributed by atoms with E-state index in [2.05, 4.69) is 4.98 Å². The number of imidazole rings is 1. The lowest BCUT2D eigenvalue weighted by atomic mass is 10.1. The molecule has 0 bridgehead atoms. The summed E-state index contributed by atoms with van der Waals surface area (Å²) in [4.78, 5) is 3.99. The number of nitrogens with zero attached hydrogens (tertiary/aromatic N) is 2. The zero-order valence-corrected chi connectivity index (χ0v) is 11.9. The molecule has 0 spiro atoms. The second-order valence-electron chi connectivity index (χ2n) is 4.08. The van der Waals surface area contributed by atoms with E-state index < -0.39 is 6.10 Å². The topological polar surface area (TPSA) is 38.0 Å². The van der Waals surface area contributed by atoms with Crippen LogP contribution in [-0.4, -0.2) is 14.7 Å². The highest BCUT2D eigenvalue weighted by Crippen LogP contribution is 2.32. The Morgan fingerprint density at radius 3 is 2.84 bits per heavy atom. The van der Waals surface area contributed by atoms with Crippen LogP contribution in [0.1, 0.15) is 25.0 Å². The average molecular weight is 297 g/mol. The number of aliphatic hydroxyl groups excluding tert-OH is 1. The molecule has 19 heavy (non-hydrogen) atoms. The fraction of sp³-hybridized carbons (Fsp3) is 0.214. The van der Waals surface area contributed by atoms with Gasteiger partial charge in [-0.2, -0.15) is 0 Å². The van der Waals surface area contributed by atoms with E-state index in [9.17, 15) is 5.11 Å². The Bertz CT molecular complexity index is 579. The van der Waals surface area contributed by atoms with E-state index in [4.69, 9.17) is 23.2 Å². The number of allylic oxidation sites excluding steroid dienone is 1. The molecular formula is C14H14Cl2N2O. The Labute approximate surface area is 122 Å². The molecule has 0 saturated carbocycles. The van der Waals surface area contributed by atoms with Crippen molar-refractivity contribution in [2.45, 2.75) is 19.4 Å². The minimum atomic E-state index is -0.820. The lowest BCUT2D eigenvalue weighted by Crippen LogP contribution is -2.07. The largest absolute Gasteiger partial charge is 0.382 e. The molecular weight excluding hydrogens is 283 g/mol. The monoisotopic (exact) mass is 296 g/mol. The molecule has 2 rings (SSSR count). The van der Waals surface area contributed by atoms with Gasteiger partial charge in [0.25, 0.3) is 0 Å². The summed E-state index contributed by atoms with van der Waals surface area (Å²) in [7, 11) is 0. The number of halogens is 2. The van der Waals surface area contributed by atoms with E-state index in [0.717, 1.165) is 12.1 Å². The smallest absolute Gasteiger partial charge is 0.120 e. The van der Waals surface area contributed by atoms with Crippen LogP contribution >= 0.6 is 23.2 Å². The third kappa shape index (κ3) is 3.18. The summed E-state index contributed by atoms with van der Waals surface area (Å²) in [6, 6.07) is 5.07. The first-order valence-electron chi connectivity index (χ1n) is 5.95. The van der Waals surface area contributed by atoms with Crippen molar-refractivity contribution in [3.8, 4) is 0 Å². The zero-order chi connectivity index (χ0) is 13.8.